The summed E-state index contributed by atoms with van der Waals surface area (Å²) in [6.45, 7) is 4.18. The number of esters is 1. The maximum atomic E-state index is 11.5. The normalized spacial score (nSPS) is 29.4. The Kier molecular flexibility index (Phi) is 4.93. The molecule has 0 aliphatic carbocycles. The topological polar surface area (TPSA) is 56.8 Å². The molecular weight excluding hydrogens is 330 g/mol. The van der Waals surface area contributed by atoms with Gasteiger partial charge in [0, 0.05) is 17.9 Å². The molecule has 0 amide bonds. The van der Waals surface area contributed by atoms with Crippen LogP contribution in [0, 0.1) is 5.92 Å². The largest absolute Gasteiger partial charge is 0.486 e. The van der Waals surface area contributed by atoms with Crippen LogP contribution in [0.4, 0.5) is 0 Å². The summed E-state index contributed by atoms with van der Waals surface area (Å²) in [5.74, 6) is 1.20. The molecule has 3 aliphatic rings. The Bertz CT molecular complexity index is 668. The zero-order valence-electron chi connectivity index (χ0n) is 15.8. The fourth-order valence-corrected chi connectivity index (χ4v) is 4.84. The van der Waals surface area contributed by atoms with Gasteiger partial charge in [0.1, 0.15) is 11.4 Å². The number of methoxy groups -OCH3 is 1. The van der Waals surface area contributed by atoms with Gasteiger partial charge in [-0.1, -0.05) is 6.07 Å². The second kappa shape index (κ2) is 7.20. The molecule has 1 spiro atoms. The van der Waals surface area contributed by atoms with Crippen molar-refractivity contribution in [3.05, 3.63) is 29.3 Å². The highest BCUT2D eigenvalue weighted by Gasteiger charge is 2.52. The zero-order chi connectivity index (χ0) is 18.1. The fourth-order valence-electron chi connectivity index (χ4n) is 4.84. The van der Waals surface area contributed by atoms with E-state index in [9.17, 15) is 4.79 Å². The molecule has 5 nitrogen and oxygen atoms in total. The average Bonchev–Trinajstić information content (AvgIpc) is 2.67. The van der Waals surface area contributed by atoms with E-state index < -0.39 is 0 Å². The minimum absolute atomic E-state index is 0.0960. The summed E-state index contributed by atoms with van der Waals surface area (Å²) in [5.41, 5.74) is 2.20. The third-order valence-electron chi connectivity index (χ3n) is 6.29. The molecule has 3 aliphatic heterocycles. The van der Waals surface area contributed by atoms with Crippen molar-refractivity contribution in [1.29, 1.82) is 0 Å². The predicted molar refractivity (Wildman–Crippen MR) is 98.3 cm³/mol. The molecule has 0 aromatic heterocycles. The van der Waals surface area contributed by atoms with Crippen LogP contribution in [0.3, 0.4) is 0 Å². The number of carbonyl (C=O) groups is 1. The third kappa shape index (κ3) is 3.23. The molecule has 4 rings (SSSR count). The number of nitrogens with one attached hydrogen (secondary N) is 1. The van der Waals surface area contributed by atoms with E-state index in [4.69, 9.17) is 14.2 Å². The Morgan fingerprint density at radius 1 is 1.31 bits per heavy atom. The molecule has 1 aromatic rings. The van der Waals surface area contributed by atoms with E-state index in [0.29, 0.717) is 18.8 Å². The summed E-state index contributed by atoms with van der Waals surface area (Å²) in [7, 11) is 1.43. The molecule has 5 heteroatoms. The van der Waals surface area contributed by atoms with Gasteiger partial charge in [0.05, 0.1) is 19.3 Å². The Balaban J connectivity index is 1.64. The number of carbonyl (C=O) groups excluding carboxylic acids is 1. The first kappa shape index (κ1) is 17.8. The van der Waals surface area contributed by atoms with Gasteiger partial charge in [-0.05, 0) is 69.8 Å². The van der Waals surface area contributed by atoms with Gasteiger partial charge in [-0.3, -0.25) is 4.79 Å². The molecule has 0 radical (unpaired) electrons. The number of fused-ring (bicyclic) bond motifs is 4. The van der Waals surface area contributed by atoms with Gasteiger partial charge in [-0.2, -0.15) is 0 Å². The standard InChI is InChI=1S/C21H29NO4/c1-14-3-6-17-20(25-14)16-13-15(5-8-19(23)24-2)4-7-18(16)26-21(17)9-11-22-12-10-21/h4,7,13-14,17,20,22H,3,5-6,8-12H2,1-2H3/t14-,17-,20+/m1/s1. The van der Waals surface area contributed by atoms with E-state index in [1.807, 2.05) is 0 Å². The highest BCUT2D eigenvalue weighted by atomic mass is 16.5. The highest BCUT2D eigenvalue weighted by molar-refractivity contribution is 5.69. The summed E-state index contributed by atoms with van der Waals surface area (Å²) in [5, 5.41) is 3.46. The monoisotopic (exact) mass is 359 g/mol. The lowest BCUT2D eigenvalue weighted by molar-refractivity contribution is -0.163. The van der Waals surface area contributed by atoms with Crippen LogP contribution in [0.1, 0.15) is 56.3 Å². The second-order valence-corrected chi connectivity index (χ2v) is 7.92. The summed E-state index contributed by atoms with van der Waals surface area (Å²) in [6.07, 6.45) is 5.77. The SMILES string of the molecule is COC(=O)CCc1ccc2c(c1)[C@@H]1O[C@H](C)CC[C@H]1C1(CCNCC1)O2. The van der Waals surface area contributed by atoms with E-state index in [1.54, 1.807) is 0 Å². The van der Waals surface area contributed by atoms with Gasteiger partial charge in [-0.25, -0.2) is 0 Å². The number of hydrogen-bond acceptors (Lipinski definition) is 5. The Labute approximate surface area is 155 Å². The summed E-state index contributed by atoms with van der Waals surface area (Å²) < 4.78 is 17.9. The maximum absolute atomic E-state index is 11.5. The fraction of sp³-hybridized carbons (Fsp3) is 0.667. The number of benzene rings is 1. The molecule has 142 valence electrons. The lowest BCUT2D eigenvalue weighted by Crippen LogP contribution is -2.57. The van der Waals surface area contributed by atoms with Crippen molar-refractivity contribution in [2.45, 2.75) is 63.3 Å². The molecule has 26 heavy (non-hydrogen) atoms. The second-order valence-electron chi connectivity index (χ2n) is 7.92. The number of aryl methyl sites for hydroxylation is 1. The quantitative estimate of drug-likeness (QED) is 0.840. The lowest BCUT2D eigenvalue weighted by Gasteiger charge is -2.53. The van der Waals surface area contributed by atoms with Crippen molar-refractivity contribution < 1.29 is 19.0 Å². The van der Waals surface area contributed by atoms with Crippen molar-refractivity contribution in [3.63, 3.8) is 0 Å². The molecule has 1 aromatic carbocycles. The molecule has 3 heterocycles. The molecule has 2 saturated heterocycles. The summed E-state index contributed by atoms with van der Waals surface area (Å²) in [4.78, 5) is 11.5. The molecule has 2 fully saturated rings. The number of rotatable bonds is 3. The van der Waals surface area contributed by atoms with Crippen LogP contribution in [-0.4, -0.2) is 37.9 Å². The van der Waals surface area contributed by atoms with Crippen molar-refractivity contribution in [2.24, 2.45) is 5.92 Å². The van der Waals surface area contributed by atoms with Gasteiger partial charge in [-0.15, -0.1) is 0 Å². The Hall–Kier alpha value is -1.59. The van der Waals surface area contributed by atoms with E-state index >= 15 is 0 Å². The van der Waals surface area contributed by atoms with Crippen LogP contribution >= 0.6 is 0 Å². The minimum atomic E-state index is -0.173. The number of hydrogen-bond donors (Lipinski definition) is 1. The molecule has 1 N–H and O–H groups in total. The van der Waals surface area contributed by atoms with Crippen LogP contribution in [0.5, 0.6) is 5.75 Å². The van der Waals surface area contributed by atoms with Crippen LogP contribution in [0.15, 0.2) is 18.2 Å². The predicted octanol–water partition coefficient (Wildman–Crippen LogP) is 3.16. The van der Waals surface area contributed by atoms with Crippen molar-refractivity contribution in [2.75, 3.05) is 20.2 Å². The van der Waals surface area contributed by atoms with Gasteiger partial charge in [0.15, 0.2) is 0 Å². The van der Waals surface area contributed by atoms with E-state index in [2.05, 4.69) is 30.4 Å². The smallest absolute Gasteiger partial charge is 0.305 e. The molecular formula is C21H29NO4. The van der Waals surface area contributed by atoms with Gasteiger partial charge < -0.3 is 19.5 Å². The maximum Gasteiger partial charge on any atom is 0.305 e. The first-order chi connectivity index (χ1) is 12.6. The zero-order valence-corrected chi connectivity index (χ0v) is 15.8. The Morgan fingerprint density at radius 2 is 2.12 bits per heavy atom. The van der Waals surface area contributed by atoms with E-state index in [-0.39, 0.29) is 23.8 Å². The van der Waals surface area contributed by atoms with Crippen LogP contribution < -0.4 is 10.1 Å². The van der Waals surface area contributed by atoms with E-state index in [0.717, 1.165) is 55.6 Å². The van der Waals surface area contributed by atoms with Gasteiger partial charge >= 0.3 is 5.97 Å². The highest BCUT2D eigenvalue weighted by Crippen LogP contribution is 2.53. The van der Waals surface area contributed by atoms with Crippen molar-refractivity contribution in [3.8, 4) is 5.75 Å². The minimum Gasteiger partial charge on any atom is -0.486 e. The number of piperidine rings is 1. The molecule has 0 saturated carbocycles. The van der Waals surface area contributed by atoms with Crippen LogP contribution in [-0.2, 0) is 20.7 Å². The first-order valence-corrected chi connectivity index (χ1v) is 9.86. The van der Waals surface area contributed by atoms with E-state index in [1.165, 1.54) is 7.11 Å². The molecule has 0 unspecified atom stereocenters. The summed E-state index contributed by atoms with van der Waals surface area (Å²) >= 11 is 0. The molecule has 0 bridgehead atoms. The summed E-state index contributed by atoms with van der Waals surface area (Å²) in [6, 6.07) is 6.33. The third-order valence-corrected chi connectivity index (χ3v) is 6.29. The van der Waals surface area contributed by atoms with Crippen LogP contribution in [0.2, 0.25) is 0 Å². The van der Waals surface area contributed by atoms with Crippen molar-refractivity contribution in [1.82, 2.24) is 5.32 Å². The van der Waals surface area contributed by atoms with Crippen LogP contribution in [0.25, 0.3) is 0 Å². The average molecular weight is 359 g/mol. The number of ether oxygens (including phenoxy) is 3. The Morgan fingerprint density at radius 3 is 2.88 bits per heavy atom. The van der Waals surface area contributed by atoms with Gasteiger partial charge in [0.25, 0.3) is 0 Å². The first-order valence-electron chi connectivity index (χ1n) is 9.86. The molecule has 3 atom stereocenters. The van der Waals surface area contributed by atoms with Crippen molar-refractivity contribution >= 4 is 5.97 Å². The lowest BCUT2D eigenvalue weighted by atomic mass is 9.69. The van der Waals surface area contributed by atoms with Gasteiger partial charge in [0.2, 0.25) is 0 Å².